The van der Waals surface area contributed by atoms with E-state index in [-0.39, 0.29) is 0 Å². The van der Waals surface area contributed by atoms with Gasteiger partial charge in [0.1, 0.15) is 11.7 Å². The summed E-state index contributed by atoms with van der Waals surface area (Å²) in [6.45, 7) is 7.80. The number of rotatable bonds is 2. The smallest absolute Gasteiger partial charge is 0.197 e. The zero-order valence-electron chi connectivity index (χ0n) is 22.7. The number of aromatic nitrogens is 2. The van der Waals surface area contributed by atoms with E-state index in [2.05, 4.69) is 98.9 Å². The van der Waals surface area contributed by atoms with Crippen molar-refractivity contribution >= 4 is 71.2 Å². The highest BCUT2D eigenvalue weighted by Gasteiger charge is 2.18. The summed E-state index contributed by atoms with van der Waals surface area (Å²) in [6, 6.07) is 43.5. The lowest BCUT2D eigenvalue weighted by Crippen LogP contribution is -1.95. The summed E-state index contributed by atoms with van der Waals surface area (Å²) >= 11 is 0. The average molecular weight is 549 g/mol. The van der Waals surface area contributed by atoms with E-state index in [1.807, 2.05) is 36.4 Å². The zero-order chi connectivity index (χ0) is 28.7. The van der Waals surface area contributed by atoms with Crippen LogP contribution in [0.25, 0.3) is 81.8 Å². The van der Waals surface area contributed by atoms with Crippen LogP contribution >= 0.6 is 0 Å². The molecule has 5 heteroatoms. The quantitative estimate of drug-likeness (QED) is 0.202. The minimum absolute atomic E-state index is 0.535. The van der Waals surface area contributed by atoms with Crippen molar-refractivity contribution in [2.45, 2.75) is 0 Å². The first-order valence-electron chi connectivity index (χ1n) is 14.0. The number of hydrogen-bond acceptors (Lipinski definition) is 2. The number of furan rings is 1. The van der Waals surface area contributed by atoms with Crippen molar-refractivity contribution in [1.29, 1.82) is 5.26 Å². The third-order valence-corrected chi connectivity index (χ3v) is 8.57. The number of para-hydroxylation sites is 3. The van der Waals surface area contributed by atoms with E-state index < -0.39 is 0 Å². The molecule has 198 valence electrons. The molecule has 0 amide bonds. The fourth-order valence-corrected chi connectivity index (χ4v) is 6.76. The summed E-state index contributed by atoms with van der Waals surface area (Å²) in [7, 11) is 0. The molecule has 0 atom stereocenters. The first kappa shape index (κ1) is 23.4. The number of hydrogen-bond donors (Lipinski definition) is 0. The molecule has 0 saturated carbocycles. The van der Waals surface area contributed by atoms with Crippen LogP contribution in [0.4, 0.5) is 5.69 Å². The summed E-state index contributed by atoms with van der Waals surface area (Å²) in [6.07, 6.45) is 0. The van der Waals surface area contributed by atoms with E-state index in [0.29, 0.717) is 16.8 Å². The Morgan fingerprint density at radius 1 is 0.581 bits per heavy atom. The van der Waals surface area contributed by atoms with Crippen molar-refractivity contribution in [2.24, 2.45) is 0 Å². The topological polar surface area (TPSA) is 51.1 Å². The predicted molar refractivity (Wildman–Crippen MR) is 173 cm³/mol. The van der Waals surface area contributed by atoms with Gasteiger partial charge < -0.3 is 13.6 Å². The molecule has 0 unspecified atom stereocenters. The van der Waals surface area contributed by atoms with E-state index in [1.165, 1.54) is 0 Å². The Bertz CT molecular complexity index is 2710. The van der Waals surface area contributed by atoms with Crippen LogP contribution in [0, 0.1) is 17.9 Å². The minimum Gasteiger partial charge on any atom is -0.455 e. The van der Waals surface area contributed by atoms with Crippen LogP contribution in [-0.2, 0) is 0 Å². The van der Waals surface area contributed by atoms with Gasteiger partial charge >= 0.3 is 0 Å². The van der Waals surface area contributed by atoms with Gasteiger partial charge in [-0.05, 0) is 66.0 Å². The maximum absolute atomic E-state index is 9.61. The Morgan fingerprint density at radius 2 is 1.21 bits per heavy atom. The van der Waals surface area contributed by atoms with Gasteiger partial charge in [-0.2, -0.15) is 5.26 Å². The predicted octanol–water partition coefficient (Wildman–Crippen LogP) is 10.2. The second kappa shape index (κ2) is 8.60. The van der Waals surface area contributed by atoms with E-state index >= 15 is 0 Å². The molecule has 5 nitrogen and oxygen atoms in total. The lowest BCUT2D eigenvalue weighted by atomic mass is 10.1. The molecule has 3 aromatic heterocycles. The van der Waals surface area contributed by atoms with Gasteiger partial charge in [-0.3, -0.25) is 0 Å². The van der Waals surface area contributed by atoms with Crippen LogP contribution < -0.4 is 0 Å². The molecule has 0 bridgehead atoms. The number of fused-ring (bicyclic) bond motifs is 9. The van der Waals surface area contributed by atoms with Crippen LogP contribution in [0.15, 0.2) is 126 Å². The molecule has 0 aliphatic carbocycles. The van der Waals surface area contributed by atoms with E-state index in [0.717, 1.165) is 71.3 Å². The largest absolute Gasteiger partial charge is 0.455 e. The maximum Gasteiger partial charge on any atom is 0.197 e. The van der Waals surface area contributed by atoms with Crippen molar-refractivity contribution in [3.8, 4) is 17.4 Å². The van der Waals surface area contributed by atoms with Crippen LogP contribution in [0.2, 0.25) is 0 Å². The van der Waals surface area contributed by atoms with Gasteiger partial charge in [0.2, 0.25) is 0 Å². The van der Waals surface area contributed by atoms with Crippen molar-refractivity contribution in [3.63, 3.8) is 0 Å². The summed E-state index contributed by atoms with van der Waals surface area (Å²) < 4.78 is 10.7. The summed E-state index contributed by atoms with van der Waals surface area (Å²) in [5.41, 5.74) is 8.94. The molecule has 0 radical (unpaired) electrons. The molecule has 0 N–H and O–H groups in total. The molecule has 3 heterocycles. The Kier molecular flexibility index (Phi) is 4.68. The Morgan fingerprint density at radius 3 is 2.02 bits per heavy atom. The number of nitrogens with zero attached hydrogens (tertiary/aromatic N) is 4. The molecule has 0 saturated heterocycles. The summed E-state index contributed by atoms with van der Waals surface area (Å²) in [5, 5.41) is 15.9. The Hall–Kier alpha value is -6.30. The second-order valence-electron chi connectivity index (χ2n) is 10.8. The molecule has 9 rings (SSSR count). The third kappa shape index (κ3) is 3.14. The average Bonchev–Trinajstić information content (AvgIpc) is 3.71. The SMILES string of the molecule is [C-]#[N+]c1cccc2c1c1ccccc1n2-c1ccc2c(c1)c1ccccc1n2-c1ccc2oc3c(C#N)cccc3c2c1. The molecule has 6 aromatic carbocycles. The van der Waals surface area contributed by atoms with Crippen molar-refractivity contribution in [2.75, 3.05) is 0 Å². The minimum atomic E-state index is 0.535. The van der Waals surface area contributed by atoms with Gasteiger partial charge in [0.15, 0.2) is 11.3 Å². The normalized spacial score (nSPS) is 11.7. The molecular formula is C38H20N4O. The molecule has 0 aliphatic heterocycles. The fourth-order valence-electron chi connectivity index (χ4n) is 6.76. The van der Waals surface area contributed by atoms with Gasteiger partial charge in [-0.25, -0.2) is 4.85 Å². The maximum atomic E-state index is 9.61. The van der Waals surface area contributed by atoms with Gasteiger partial charge in [-0.1, -0.05) is 60.7 Å². The van der Waals surface area contributed by atoms with Crippen molar-refractivity contribution < 1.29 is 4.42 Å². The second-order valence-corrected chi connectivity index (χ2v) is 10.8. The van der Waals surface area contributed by atoms with Crippen molar-refractivity contribution in [1.82, 2.24) is 9.13 Å². The fraction of sp³-hybridized carbons (Fsp3) is 0. The number of nitriles is 1. The van der Waals surface area contributed by atoms with Crippen LogP contribution in [-0.4, -0.2) is 9.13 Å². The summed E-state index contributed by atoms with van der Waals surface area (Å²) in [5.74, 6) is 0. The van der Waals surface area contributed by atoms with E-state index in [9.17, 15) is 5.26 Å². The number of benzene rings is 6. The highest BCUT2D eigenvalue weighted by atomic mass is 16.3. The molecule has 0 aliphatic rings. The van der Waals surface area contributed by atoms with Crippen LogP contribution in [0.3, 0.4) is 0 Å². The third-order valence-electron chi connectivity index (χ3n) is 8.57. The molecule has 0 spiro atoms. The molecular weight excluding hydrogens is 528 g/mol. The monoisotopic (exact) mass is 548 g/mol. The van der Waals surface area contributed by atoms with Crippen LogP contribution in [0.1, 0.15) is 5.56 Å². The Balaban J connectivity index is 1.33. The summed E-state index contributed by atoms with van der Waals surface area (Å²) in [4.78, 5) is 3.84. The van der Waals surface area contributed by atoms with Gasteiger partial charge in [0.05, 0.1) is 28.7 Å². The Labute approximate surface area is 245 Å². The van der Waals surface area contributed by atoms with Gasteiger partial charge in [0.25, 0.3) is 0 Å². The van der Waals surface area contributed by atoms with Gasteiger partial charge in [-0.15, -0.1) is 0 Å². The first-order chi connectivity index (χ1) is 21.2. The van der Waals surface area contributed by atoms with E-state index in [1.54, 1.807) is 6.07 Å². The van der Waals surface area contributed by atoms with Crippen molar-refractivity contribution in [3.05, 3.63) is 138 Å². The molecule has 0 fully saturated rings. The lowest BCUT2D eigenvalue weighted by Gasteiger charge is -2.10. The van der Waals surface area contributed by atoms with Crippen LogP contribution in [0.5, 0.6) is 0 Å². The standard InChI is InChI=1S/C38H20N4O/c1-40-31-12-7-15-35-37(31)28-10-3-5-14-33(28)42(35)24-16-18-34-29(20-24)26-9-2-4-13-32(26)41(34)25-17-19-36-30(21-25)27-11-6-8-23(22-39)38(27)43-36/h2-21H. The molecule has 9 aromatic rings. The first-order valence-corrected chi connectivity index (χ1v) is 14.0. The highest BCUT2D eigenvalue weighted by molar-refractivity contribution is 6.16. The zero-order valence-corrected chi connectivity index (χ0v) is 22.7. The van der Waals surface area contributed by atoms with E-state index in [4.69, 9.17) is 11.0 Å². The van der Waals surface area contributed by atoms with Gasteiger partial charge in [0, 0.05) is 43.8 Å². The highest BCUT2D eigenvalue weighted by Crippen LogP contribution is 2.40. The molecule has 43 heavy (non-hydrogen) atoms. The lowest BCUT2D eigenvalue weighted by molar-refractivity contribution is 0.667.